The number of benzene rings is 3. The first kappa shape index (κ1) is 27.7. The van der Waals surface area contributed by atoms with Gasteiger partial charge in [-0.15, -0.1) is 27.2 Å². The number of nitrogens with zero attached hydrogens (tertiary/aromatic N) is 3. The predicted molar refractivity (Wildman–Crippen MR) is 152 cm³/mol. The lowest BCUT2D eigenvalue weighted by atomic mass is 9.87. The normalized spacial score (nSPS) is 11.1. The molecule has 0 aliphatic rings. The van der Waals surface area contributed by atoms with Gasteiger partial charge in [0, 0.05) is 11.3 Å². The van der Waals surface area contributed by atoms with Crippen LogP contribution in [-0.2, 0) is 12.0 Å². The number of ether oxygens (including phenoxy) is 1. The minimum Gasteiger partial charge on any atom is -0.486 e. The Morgan fingerprint density at radius 2 is 1.64 bits per heavy atom. The van der Waals surface area contributed by atoms with Crippen LogP contribution >= 0.6 is 28.7 Å². The Balaban J connectivity index is 0.00000361. The lowest BCUT2D eigenvalue weighted by Crippen LogP contribution is -2.11. The highest BCUT2D eigenvalue weighted by molar-refractivity contribution is 8.93. The molecule has 1 aromatic heterocycles. The number of hydrogen-bond acceptors (Lipinski definition) is 5. The maximum absolute atomic E-state index is 12.9. The van der Waals surface area contributed by atoms with Crippen LogP contribution in [0.5, 0.6) is 5.75 Å². The van der Waals surface area contributed by atoms with Gasteiger partial charge in [0.2, 0.25) is 0 Å². The molecule has 3 aromatic carbocycles. The van der Waals surface area contributed by atoms with E-state index in [1.54, 1.807) is 0 Å². The molecule has 0 amide bonds. The van der Waals surface area contributed by atoms with Crippen molar-refractivity contribution in [3.8, 4) is 11.4 Å². The van der Waals surface area contributed by atoms with Crippen LogP contribution in [0.15, 0.2) is 78.0 Å². The molecule has 4 rings (SSSR count). The fourth-order valence-corrected chi connectivity index (χ4v) is 4.71. The van der Waals surface area contributed by atoms with Crippen LogP contribution in [0, 0.1) is 13.8 Å². The fraction of sp³-hybridized carbons (Fsp3) is 0.276. The Kier molecular flexibility index (Phi) is 9.14. The van der Waals surface area contributed by atoms with E-state index >= 15 is 0 Å². The third-order valence-corrected chi connectivity index (χ3v) is 6.75. The van der Waals surface area contributed by atoms with Gasteiger partial charge >= 0.3 is 0 Å². The van der Waals surface area contributed by atoms with E-state index in [0.717, 1.165) is 28.1 Å². The number of halogens is 1. The molecule has 1 heterocycles. The second kappa shape index (κ2) is 11.9. The van der Waals surface area contributed by atoms with Crippen LogP contribution in [0.2, 0.25) is 0 Å². The van der Waals surface area contributed by atoms with Gasteiger partial charge in [-0.2, -0.15) is 0 Å². The highest BCUT2D eigenvalue weighted by atomic mass is 79.9. The minimum absolute atomic E-state index is 0. The number of Topliss-reactive ketones (excluding diaryl/α,β-unsaturated/α-hetero) is 1. The quantitative estimate of drug-likeness (QED) is 0.165. The van der Waals surface area contributed by atoms with Crippen LogP contribution in [0.3, 0.4) is 0 Å². The topological polar surface area (TPSA) is 57.0 Å². The summed E-state index contributed by atoms with van der Waals surface area (Å²) in [5, 5.41) is 9.46. The van der Waals surface area contributed by atoms with Crippen molar-refractivity contribution in [1.82, 2.24) is 14.8 Å². The van der Waals surface area contributed by atoms with Crippen molar-refractivity contribution in [3.05, 3.63) is 101 Å². The van der Waals surface area contributed by atoms with E-state index < -0.39 is 0 Å². The van der Waals surface area contributed by atoms with Gasteiger partial charge in [-0.1, -0.05) is 86.6 Å². The van der Waals surface area contributed by atoms with Gasteiger partial charge in [0.15, 0.2) is 16.8 Å². The number of thioether (sulfide) groups is 1. The number of ketones is 1. The van der Waals surface area contributed by atoms with E-state index in [0.29, 0.717) is 11.0 Å². The molecule has 0 bridgehead atoms. The molecule has 36 heavy (non-hydrogen) atoms. The molecule has 0 aliphatic carbocycles. The molecular formula is C29H32BrN3O2S. The molecular weight excluding hydrogens is 534 g/mol. The van der Waals surface area contributed by atoms with E-state index in [9.17, 15) is 4.79 Å². The number of hydrogen-bond donors (Lipinski definition) is 0. The zero-order valence-electron chi connectivity index (χ0n) is 21.3. The Labute approximate surface area is 228 Å². The van der Waals surface area contributed by atoms with E-state index in [1.165, 1.54) is 17.3 Å². The second-order valence-electron chi connectivity index (χ2n) is 9.66. The predicted octanol–water partition coefficient (Wildman–Crippen LogP) is 7.31. The van der Waals surface area contributed by atoms with Crippen molar-refractivity contribution >= 4 is 34.5 Å². The van der Waals surface area contributed by atoms with Crippen LogP contribution in [0.1, 0.15) is 53.6 Å². The molecule has 7 heteroatoms. The fourth-order valence-electron chi connectivity index (χ4n) is 3.86. The standard InChI is InChI=1S/C29H31N3O2S.BrH/c1-20-11-16-25(21(2)17-20)26(33)19-35-28-31-30-27(32(28)23-9-7-6-8-10-23)18-34-24-14-12-22(13-15-24)29(3,4)5;/h6-17H,18-19H2,1-5H3;1H. The lowest BCUT2D eigenvalue weighted by molar-refractivity contribution is 0.102. The highest BCUT2D eigenvalue weighted by Gasteiger charge is 2.18. The van der Waals surface area contributed by atoms with Crippen molar-refractivity contribution < 1.29 is 9.53 Å². The Hall–Kier alpha value is -2.90. The third kappa shape index (κ3) is 6.65. The Morgan fingerprint density at radius 3 is 2.28 bits per heavy atom. The summed E-state index contributed by atoms with van der Waals surface area (Å²) in [6.45, 7) is 10.8. The van der Waals surface area contributed by atoms with Gasteiger partial charge in [0.25, 0.3) is 0 Å². The van der Waals surface area contributed by atoms with Gasteiger partial charge in [-0.3, -0.25) is 9.36 Å². The van der Waals surface area contributed by atoms with E-state index in [4.69, 9.17) is 4.74 Å². The summed E-state index contributed by atoms with van der Waals surface area (Å²) in [5.41, 5.74) is 5.16. The van der Waals surface area contributed by atoms with Crippen LogP contribution in [0.4, 0.5) is 0 Å². The molecule has 4 aromatic rings. The monoisotopic (exact) mass is 565 g/mol. The second-order valence-corrected chi connectivity index (χ2v) is 10.6. The highest BCUT2D eigenvalue weighted by Crippen LogP contribution is 2.26. The molecule has 0 unspecified atom stereocenters. The van der Waals surface area contributed by atoms with Crippen LogP contribution in [0.25, 0.3) is 5.69 Å². The summed E-state index contributed by atoms with van der Waals surface area (Å²) in [7, 11) is 0. The first-order chi connectivity index (χ1) is 16.7. The molecule has 0 saturated carbocycles. The summed E-state index contributed by atoms with van der Waals surface area (Å²) in [4.78, 5) is 12.9. The average molecular weight is 567 g/mol. The molecule has 0 radical (unpaired) electrons. The number of carbonyl (C=O) groups excluding carboxylic acids is 1. The summed E-state index contributed by atoms with van der Waals surface area (Å²) < 4.78 is 8.02. The lowest BCUT2D eigenvalue weighted by Gasteiger charge is -2.19. The number of rotatable bonds is 8. The summed E-state index contributed by atoms with van der Waals surface area (Å²) in [6.07, 6.45) is 0. The maximum Gasteiger partial charge on any atom is 0.196 e. The van der Waals surface area contributed by atoms with Crippen molar-refractivity contribution in [3.63, 3.8) is 0 Å². The van der Waals surface area contributed by atoms with Crippen LogP contribution < -0.4 is 4.74 Å². The van der Waals surface area contributed by atoms with E-state index in [-0.39, 0.29) is 40.5 Å². The summed E-state index contributed by atoms with van der Waals surface area (Å²) in [6, 6.07) is 24.0. The van der Waals surface area contributed by atoms with Crippen LogP contribution in [-0.4, -0.2) is 26.3 Å². The van der Waals surface area contributed by atoms with E-state index in [1.807, 2.05) is 79.1 Å². The number of aryl methyl sites for hydroxylation is 2. The Bertz CT molecular complexity index is 1310. The van der Waals surface area contributed by atoms with Crippen molar-refractivity contribution in [1.29, 1.82) is 0 Å². The summed E-state index contributed by atoms with van der Waals surface area (Å²) in [5.74, 6) is 1.81. The molecule has 0 fully saturated rings. The molecule has 0 saturated heterocycles. The number of para-hydroxylation sites is 1. The molecule has 5 nitrogen and oxygen atoms in total. The largest absolute Gasteiger partial charge is 0.486 e. The van der Waals surface area contributed by atoms with Gasteiger partial charge < -0.3 is 4.74 Å². The SMILES string of the molecule is Br.Cc1ccc(C(=O)CSc2nnc(COc3ccc(C(C)(C)C)cc3)n2-c2ccccc2)c(C)c1. The van der Waals surface area contributed by atoms with E-state index in [2.05, 4.69) is 43.1 Å². The molecule has 0 spiro atoms. The van der Waals surface area contributed by atoms with Crippen molar-refractivity contribution in [2.24, 2.45) is 0 Å². The van der Waals surface area contributed by atoms with Crippen molar-refractivity contribution in [2.45, 2.75) is 51.8 Å². The average Bonchev–Trinajstić information content (AvgIpc) is 3.24. The zero-order chi connectivity index (χ0) is 25.0. The Morgan fingerprint density at radius 1 is 0.944 bits per heavy atom. The minimum atomic E-state index is 0. The first-order valence-electron chi connectivity index (χ1n) is 11.7. The number of aromatic nitrogens is 3. The van der Waals surface area contributed by atoms with Gasteiger partial charge in [0.05, 0.1) is 5.75 Å². The molecule has 188 valence electrons. The van der Waals surface area contributed by atoms with Gasteiger partial charge in [-0.25, -0.2) is 0 Å². The number of carbonyl (C=O) groups is 1. The zero-order valence-corrected chi connectivity index (χ0v) is 23.8. The molecule has 0 aliphatic heterocycles. The smallest absolute Gasteiger partial charge is 0.196 e. The van der Waals surface area contributed by atoms with Gasteiger partial charge in [-0.05, 0) is 54.7 Å². The summed E-state index contributed by atoms with van der Waals surface area (Å²) >= 11 is 1.39. The maximum atomic E-state index is 12.9. The molecule has 0 atom stereocenters. The molecule has 0 N–H and O–H groups in total. The van der Waals surface area contributed by atoms with Crippen molar-refractivity contribution in [2.75, 3.05) is 5.75 Å². The third-order valence-electron chi connectivity index (χ3n) is 5.82. The first-order valence-corrected chi connectivity index (χ1v) is 12.7. The van der Waals surface area contributed by atoms with Gasteiger partial charge in [0.1, 0.15) is 12.4 Å².